The van der Waals surface area contributed by atoms with Crippen molar-refractivity contribution >= 4 is 11.6 Å². The van der Waals surface area contributed by atoms with Crippen LogP contribution in [0.5, 0.6) is 5.75 Å². The van der Waals surface area contributed by atoms with Crippen LogP contribution < -0.4 is 4.74 Å². The summed E-state index contributed by atoms with van der Waals surface area (Å²) in [6.07, 6.45) is 2.58. The Morgan fingerprint density at radius 1 is 1.23 bits per heavy atom. The van der Waals surface area contributed by atoms with Crippen molar-refractivity contribution in [3.05, 3.63) is 41.9 Å². The highest BCUT2D eigenvalue weighted by atomic mass is 35.5. The van der Waals surface area contributed by atoms with Crippen LogP contribution in [0.3, 0.4) is 0 Å². The molecule has 5 nitrogen and oxygen atoms in total. The summed E-state index contributed by atoms with van der Waals surface area (Å²) in [6.45, 7) is 8.11. The highest BCUT2D eigenvalue weighted by molar-refractivity contribution is 6.30. The van der Waals surface area contributed by atoms with Gasteiger partial charge in [0, 0.05) is 5.02 Å². The molecule has 2 unspecified atom stereocenters. The summed E-state index contributed by atoms with van der Waals surface area (Å²) >= 11 is 5.90. The number of hydrogen-bond acceptors (Lipinski definition) is 4. The number of aliphatic hydroxyl groups is 1. The maximum absolute atomic E-state index is 11.0. The Hall–Kier alpha value is -1.59. The van der Waals surface area contributed by atoms with Gasteiger partial charge >= 0.3 is 0 Å². The van der Waals surface area contributed by atoms with E-state index < -0.39 is 11.7 Å². The highest BCUT2D eigenvalue weighted by Crippen LogP contribution is 2.35. The molecule has 0 fully saturated rings. The Morgan fingerprint density at radius 3 is 2.36 bits per heavy atom. The fourth-order valence-corrected chi connectivity index (χ4v) is 2.11. The van der Waals surface area contributed by atoms with Crippen molar-refractivity contribution < 1.29 is 9.84 Å². The van der Waals surface area contributed by atoms with E-state index >= 15 is 0 Å². The summed E-state index contributed by atoms with van der Waals surface area (Å²) in [5.41, 5.74) is -1.44. The average Bonchev–Trinajstić information content (AvgIpc) is 2.92. The van der Waals surface area contributed by atoms with Gasteiger partial charge in [-0.3, -0.25) is 0 Å². The van der Waals surface area contributed by atoms with Gasteiger partial charge in [-0.15, -0.1) is 0 Å². The number of benzene rings is 1. The third-order valence-corrected chi connectivity index (χ3v) is 4.31. The first-order valence-corrected chi connectivity index (χ1v) is 7.55. The van der Waals surface area contributed by atoms with Crippen LogP contribution in [-0.2, 0) is 6.54 Å². The maximum Gasteiger partial charge on any atom is 0.147 e. The molecular weight excluding hydrogens is 302 g/mol. The van der Waals surface area contributed by atoms with Crippen molar-refractivity contribution in [1.82, 2.24) is 14.8 Å². The molecule has 0 bridgehead atoms. The van der Waals surface area contributed by atoms with Gasteiger partial charge in [0.25, 0.3) is 0 Å². The van der Waals surface area contributed by atoms with Crippen LogP contribution in [-0.4, -0.2) is 31.6 Å². The molecule has 6 heteroatoms. The molecule has 22 heavy (non-hydrogen) atoms. The van der Waals surface area contributed by atoms with Gasteiger partial charge in [0.2, 0.25) is 0 Å². The molecule has 0 spiro atoms. The average molecular weight is 324 g/mol. The molecule has 0 amide bonds. The lowest BCUT2D eigenvalue weighted by Gasteiger charge is -2.42. The Balaban J connectivity index is 2.26. The van der Waals surface area contributed by atoms with Gasteiger partial charge in [-0.05, 0) is 36.6 Å². The minimum Gasteiger partial charge on any atom is -0.485 e. The summed E-state index contributed by atoms with van der Waals surface area (Å²) in [7, 11) is 0. The zero-order chi connectivity index (χ0) is 16.4. The summed E-state index contributed by atoms with van der Waals surface area (Å²) in [6, 6.07) is 7.09. The number of nitrogens with zero attached hydrogens (tertiary/aromatic N) is 3. The molecule has 0 radical (unpaired) electrons. The second kappa shape index (κ2) is 6.26. The van der Waals surface area contributed by atoms with Gasteiger partial charge in [0.05, 0.1) is 6.54 Å². The monoisotopic (exact) mass is 323 g/mol. The van der Waals surface area contributed by atoms with Crippen LogP contribution in [0.15, 0.2) is 36.9 Å². The maximum atomic E-state index is 11.0. The van der Waals surface area contributed by atoms with Crippen molar-refractivity contribution in [1.29, 1.82) is 0 Å². The minimum absolute atomic E-state index is 0.370. The second-order valence-electron chi connectivity index (χ2n) is 6.58. The minimum atomic E-state index is -1.07. The molecule has 1 aromatic carbocycles. The van der Waals surface area contributed by atoms with Crippen LogP contribution in [0.25, 0.3) is 0 Å². The number of aromatic nitrogens is 3. The Labute approximate surface area is 135 Å². The second-order valence-corrected chi connectivity index (χ2v) is 7.01. The quantitative estimate of drug-likeness (QED) is 0.918. The Bertz CT molecular complexity index is 589. The predicted molar refractivity (Wildman–Crippen MR) is 86.0 cm³/mol. The third kappa shape index (κ3) is 3.78. The van der Waals surface area contributed by atoms with Crippen molar-refractivity contribution in [2.24, 2.45) is 5.41 Å². The van der Waals surface area contributed by atoms with E-state index in [9.17, 15) is 5.11 Å². The Morgan fingerprint density at radius 2 is 1.86 bits per heavy atom. The van der Waals surface area contributed by atoms with E-state index in [0.29, 0.717) is 17.3 Å². The van der Waals surface area contributed by atoms with Gasteiger partial charge in [0.1, 0.15) is 30.1 Å². The standard InChI is InChI=1S/C16H22ClN3O2/c1-15(2,3)16(4,21)14(9-20-11-18-10-19-20)22-13-7-5-12(17)6-8-13/h5-8,10-11,14,21H,9H2,1-4H3. The molecule has 1 aromatic heterocycles. The van der Waals surface area contributed by atoms with E-state index in [1.807, 2.05) is 20.8 Å². The van der Waals surface area contributed by atoms with E-state index in [4.69, 9.17) is 16.3 Å². The molecule has 2 atom stereocenters. The molecule has 0 saturated carbocycles. The summed E-state index contributed by atoms with van der Waals surface area (Å²) in [5.74, 6) is 0.652. The number of hydrogen-bond donors (Lipinski definition) is 1. The van der Waals surface area contributed by atoms with Gasteiger partial charge in [-0.1, -0.05) is 32.4 Å². The molecule has 0 saturated heterocycles. The summed E-state index contributed by atoms with van der Waals surface area (Å²) in [5, 5.41) is 15.8. The lowest BCUT2D eigenvalue weighted by atomic mass is 9.74. The lowest BCUT2D eigenvalue weighted by molar-refractivity contribution is -0.124. The van der Waals surface area contributed by atoms with E-state index in [1.165, 1.54) is 6.33 Å². The van der Waals surface area contributed by atoms with Crippen LogP contribution >= 0.6 is 11.6 Å². The normalized spacial score (nSPS) is 16.1. The van der Waals surface area contributed by atoms with Gasteiger partial charge < -0.3 is 9.84 Å². The molecule has 2 rings (SSSR count). The number of ether oxygens (including phenoxy) is 1. The van der Waals surface area contributed by atoms with Crippen molar-refractivity contribution in [3.63, 3.8) is 0 Å². The molecule has 0 aliphatic carbocycles. The van der Waals surface area contributed by atoms with Crippen molar-refractivity contribution in [2.75, 3.05) is 0 Å². The Kier molecular flexibility index (Phi) is 4.78. The van der Waals surface area contributed by atoms with Crippen LogP contribution in [0.1, 0.15) is 27.7 Å². The first kappa shape index (κ1) is 16.8. The number of rotatable bonds is 5. The molecular formula is C16H22ClN3O2. The van der Waals surface area contributed by atoms with Gasteiger partial charge in [-0.25, -0.2) is 9.67 Å². The first-order valence-electron chi connectivity index (χ1n) is 7.17. The lowest BCUT2D eigenvalue weighted by Crippen LogP contribution is -2.54. The van der Waals surface area contributed by atoms with Crippen LogP contribution in [0, 0.1) is 5.41 Å². The molecule has 1 heterocycles. The SMILES string of the molecule is CC(C)(C)C(C)(O)C(Cn1cncn1)Oc1ccc(Cl)cc1. The van der Waals surface area contributed by atoms with E-state index in [2.05, 4.69) is 10.1 Å². The zero-order valence-electron chi connectivity index (χ0n) is 13.3. The van der Waals surface area contributed by atoms with Gasteiger partial charge in [0.15, 0.2) is 0 Å². The molecule has 2 aromatic rings. The van der Waals surface area contributed by atoms with Crippen molar-refractivity contribution in [2.45, 2.75) is 45.9 Å². The molecule has 1 N–H and O–H groups in total. The summed E-state index contributed by atoms with van der Waals surface area (Å²) in [4.78, 5) is 3.94. The topological polar surface area (TPSA) is 60.2 Å². The van der Waals surface area contributed by atoms with Crippen LogP contribution in [0.4, 0.5) is 0 Å². The van der Waals surface area contributed by atoms with E-state index in [-0.39, 0.29) is 5.41 Å². The fourth-order valence-electron chi connectivity index (χ4n) is 1.99. The predicted octanol–water partition coefficient (Wildman–Crippen LogP) is 3.18. The van der Waals surface area contributed by atoms with E-state index in [0.717, 1.165) is 0 Å². The van der Waals surface area contributed by atoms with Crippen LogP contribution in [0.2, 0.25) is 5.02 Å². The highest BCUT2D eigenvalue weighted by Gasteiger charge is 2.44. The largest absolute Gasteiger partial charge is 0.485 e. The first-order chi connectivity index (χ1) is 10.2. The molecule has 120 valence electrons. The van der Waals surface area contributed by atoms with Crippen molar-refractivity contribution in [3.8, 4) is 5.75 Å². The third-order valence-electron chi connectivity index (χ3n) is 4.06. The molecule has 0 aliphatic rings. The smallest absolute Gasteiger partial charge is 0.147 e. The fraction of sp³-hybridized carbons (Fsp3) is 0.500. The zero-order valence-corrected chi connectivity index (χ0v) is 14.1. The van der Waals surface area contributed by atoms with E-state index in [1.54, 1.807) is 42.2 Å². The van der Waals surface area contributed by atoms with Gasteiger partial charge in [-0.2, -0.15) is 5.10 Å². The number of halogens is 1. The summed E-state index contributed by atoms with van der Waals surface area (Å²) < 4.78 is 7.69. The molecule has 0 aliphatic heterocycles.